The van der Waals surface area contributed by atoms with Crippen LogP contribution in [0, 0.1) is 10.1 Å². The standard InChI is InChI=1S/C12H15N5O3/c13-16-15-8-2-1-7-14-12(18)9-10-3-5-11(6-4-10)17(19)20/h3-6H,1-2,7-9H2,(H,14,18). The van der Waals surface area contributed by atoms with Crippen molar-refractivity contribution in [3.63, 3.8) is 0 Å². The second-order valence-corrected chi connectivity index (χ2v) is 4.11. The predicted molar refractivity (Wildman–Crippen MR) is 73.1 cm³/mol. The van der Waals surface area contributed by atoms with Gasteiger partial charge in [-0.15, -0.1) is 0 Å². The Bertz CT molecular complexity index is 508. The summed E-state index contributed by atoms with van der Waals surface area (Å²) in [5, 5.41) is 16.6. The van der Waals surface area contributed by atoms with E-state index < -0.39 is 4.92 Å². The number of rotatable bonds is 8. The van der Waals surface area contributed by atoms with Crippen LogP contribution in [0.15, 0.2) is 29.4 Å². The summed E-state index contributed by atoms with van der Waals surface area (Å²) in [6.45, 7) is 0.946. The number of hydrogen-bond donors (Lipinski definition) is 1. The molecule has 0 aliphatic rings. The monoisotopic (exact) mass is 277 g/mol. The van der Waals surface area contributed by atoms with E-state index in [0.29, 0.717) is 13.1 Å². The quantitative estimate of drug-likeness (QED) is 0.196. The zero-order valence-electron chi connectivity index (χ0n) is 10.9. The predicted octanol–water partition coefficient (Wildman–Crippen LogP) is 2.34. The lowest BCUT2D eigenvalue weighted by molar-refractivity contribution is -0.384. The van der Waals surface area contributed by atoms with Crippen molar-refractivity contribution < 1.29 is 9.72 Å². The van der Waals surface area contributed by atoms with Gasteiger partial charge in [-0.2, -0.15) is 0 Å². The Morgan fingerprint density at radius 2 is 2.05 bits per heavy atom. The van der Waals surface area contributed by atoms with Crippen LogP contribution in [0.25, 0.3) is 10.4 Å². The minimum Gasteiger partial charge on any atom is -0.356 e. The van der Waals surface area contributed by atoms with Crippen molar-refractivity contribution in [2.24, 2.45) is 5.11 Å². The third kappa shape index (κ3) is 5.83. The highest BCUT2D eigenvalue weighted by Crippen LogP contribution is 2.12. The van der Waals surface area contributed by atoms with E-state index in [4.69, 9.17) is 5.53 Å². The van der Waals surface area contributed by atoms with Gasteiger partial charge in [-0.25, -0.2) is 0 Å². The first-order valence-electron chi connectivity index (χ1n) is 6.14. The van der Waals surface area contributed by atoms with Gasteiger partial charge in [0.2, 0.25) is 5.91 Å². The van der Waals surface area contributed by atoms with Gasteiger partial charge in [0, 0.05) is 30.1 Å². The molecule has 1 rings (SSSR count). The van der Waals surface area contributed by atoms with Crippen molar-refractivity contribution in [1.82, 2.24) is 5.32 Å². The molecule has 0 saturated heterocycles. The first-order chi connectivity index (χ1) is 9.63. The zero-order valence-corrected chi connectivity index (χ0v) is 10.9. The number of nitrogens with zero attached hydrogens (tertiary/aromatic N) is 4. The number of hydrogen-bond acceptors (Lipinski definition) is 4. The summed E-state index contributed by atoms with van der Waals surface area (Å²) < 4.78 is 0. The van der Waals surface area contributed by atoms with Gasteiger partial charge in [-0.1, -0.05) is 17.2 Å². The average Bonchev–Trinajstić information content (AvgIpc) is 2.43. The Labute approximate surface area is 115 Å². The maximum atomic E-state index is 11.6. The van der Waals surface area contributed by atoms with Gasteiger partial charge in [0.25, 0.3) is 5.69 Å². The lowest BCUT2D eigenvalue weighted by Gasteiger charge is -2.04. The minimum absolute atomic E-state index is 0.00667. The number of non-ortho nitro benzene ring substituents is 1. The first kappa shape index (κ1) is 15.5. The topological polar surface area (TPSA) is 121 Å². The Kier molecular flexibility index (Phi) is 6.56. The van der Waals surface area contributed by atoms with Crippen LogP contribution in [0.5, 0.6) is 0 Å². The van der Waals surface area contributed by atoms with Gasteiger partial charge < -0.3 is 5.32 Å². The average molecular weight is 277 g/mol. The number of unbranched alkanes of at least 4 members (excludes halogenated alkanes) is 1. The van der Waals surface area contributed by atoms with Crippen LogP contribution in [0.3, 0.4) is 0 Å². The molecule has 1 amide bonds. The molecule has 8 nitrogen and oxygen atoms in total. The molecule has 0 radical (unpaired) electrons. The minimum atomic E-state index is -0.479. The molecule has 0 bridgehead atoms. The van der Waals surface area contributed by atoms with Crippen LogP contribution in [-0.4, -0.2) is 23.9 Å². The van der Waals surface area contributed by atoms with Crippen molar-refractivity contribution in [3.8, 4) is 0 Å². The maximum absolute atomic E-state index is 11.6. The summed E-state index contributed by atoms with van der Waals surface area (Å²) in [7, 11) is 0. The Hall–Kier alpha value is -2.60. The van der Waals surface area contributed by atoms with Gasteiger partial charge in [-0.05, 0) is 23.9 Å². The number of nitro benzene ring substituents is 1. The molecule has 1 aromatic rings. The number of azide groups is 1. The van der Waals surface area contributed by atoms with E-state index in [1.54, 1.807) is 12.1 Å². The number of carbonyl (C=O) groups is 1. The number of amides is 1. The Morgan fingerprint density at radius 3 is 2.65 bits per heavy atom. The second kappa shape index (κ2) is 8.49. The number of carbonyl (C=O) groups excluding carboxylic acids is 1. The van der Waals surface area contributed by atoms with E-state index in [9.17, 15) is 14.9 Å². The maximum Gasteiger partial charge on any atom is 0.269 e. The van der Waals surface area contributed by atoms with Gasteiger partial charge in [0.15, 0.2) is 0 Å². The highest BCUT2D eigenvalue weighted by atomic mass is 16.6. The van der Waals surface area contributed by atoms with E-state index in [1.807, 2.05) is 0 Å². The van der Waals surface area contributed by atoms with Crippen LogP contribution in [-0.2, 0) is 11.2 Å². The number of benzene rings is 1. The molecule has 0 heterocycles. The fourth-order valence-electron chi connectivity index (χ4n) is 1.56. The highest BCUT2D eigenvalue weighted by Gasteiger charge is 2.06. The normalized spacial score (nSPS) is 9.60. The third-order valence-electron chi connectivity index (χ3n) is 2.58. The molecule has 0 spiro atoms. The highest BCUT2D eigenvalue weighted by molar-refractivity contribution is 5.78. The summed E-state index contributed by atoms with van der Waals surface area (Å²) >= 11 is 0. The summed E-state index contributed by atoms with van der Waals surface area (Å²) in [6.07, 6.45) is 1.65. The summed E-state index contributed by atoms with van der Waals surface area (Å²) in [4.78, 5) is 24.2. The molecule has 1 aromatic carbocycles. The van der Waals surface area contributed by atoms with E-state index >= 15 is 0 Å². The molecule has 8 heteroatoms. The largest absolute Gasteiger partial charge is 0.356 e. The van der Waals surface area contributed by atoms with Crippen molar-refractivity contribution in [2.45, 2.75) is 19.3 Å². The first-order valence-corrected chi connectivity index (χ1v) is 6.14. The summed E-state index contributed by atoms with van der Waals surface area (Å²) in [5.74, 6) is -0.136. The van der Waals surface area contributed by atoms with Gasteiger partial charge in [0.1, 0.15) is 0 Å². The fourth-order valence-corrected chi connectivity index (χ4v) is 1.56. The van der Waals surface area contributed by atoms with Gasteiger partial charge >= 0.3 is 0 Å². The molecular weight excluding hydrogens is 262 g/mol. The molecule has 0 fully saturated rings. The van der Waals surface area contributed by atoms with Crippen LogP contribution >= 0.6 is 0 Å². The van der Waals surface area contributed by atoms with Crippen LogP contribution < -0.4 is 5.32 Å². The van der Waals surface area contributed by atoms with E-state index in [0.717, 1.165) is 18.4 Å². The van der Waals surface area contributed by atoms with Crippen LogP contribution in [0.4, 0.5) is 5.69 Å². The molecule has 20 heavy (non-hydrogen) atoms. The number of nitro groups is 1. The summed E-state index contributed by atoms with van der Waals surface area (Å²) in [5.41, 5.74) is 8.81. The molecule has 0 saturated carbocycles. The fraction of sp³-hybridized carbons (Fsp3) is 0.417. The molecule has 1 N–H and O–H groups in total. The van der Waals surface area contributed by atoms with E-state index in [2.05, 4.69) is 15.3 Å². The molecular formula is C12H15N5O3. The van der Waals surface area contributed by atoms with E-state index in [-0.39, 0.29) is 18.0 Å². The molecule has 0 aliphatic carbocycles. The van der Waals surface area contributed by atoms with Crippen molar-refractivity contribution in [3.05, 3.63) is 50.4 Å². The van der Waals surface area contributed by atoms with Crippen molar-refractivity contribution in [2.75, 3.05) is 13.1 Å². The molecule has 0 atom stereocenters. The molecule has 0 unspecified atom stereocenters. The van der Waals surface area contributed by atoms with Gasteiger partial charge in [0.05, 0.1) is 11.3 Å². The van der Waals surface area contributed by atoms with Gasteiger partial charge in [-0.3, -0.25) is 14.9 Å². The van der Waals surface area contributed by atoms with Crippen molar-refractivity contribution >= 4 is 11.6 Å². The Balaban J connectivity index is 2.28. The molecule has 0 aliphatic heterocycles. The SMILES string of the molecule is [N-]=[N+]=NCCCCNC(=O)Cc1ccc([N+](=O)[O-])cc1. The number of nitrogens with one attached hydrogen (secondary N) is 1. The summed E-state index contributed by atoms with van der Waals surface area (Å²) in [6, 6.07) is 5.89. The van der Waals surface area contributed by atoms with E-state index in [1.165, 1.54) is 12.1 Å². The lowest BCUT2D eigenvalue weighted by Crippen LogP contribution is -2.26. The zero-order chi connectivity index (χ0) is 14.8. The second-order valence-electron chi connectivity index (χ2n) is 4.11. The van der Waals surface area contributed by atoms with Crippen LogP contribution in [0.2, 0.25) is 0 Å². The Morgan fingerprint density at radius 1 is 1.35 bits per heavy atom. The lowest BCUT2D eigenvalue weighted by atomic mass is 10.1. The molecule has 0 aromatic heterocycles. The molecule has 106 valence electrons. The smallest absolute Gasteiger partial charge is 0.269 e. The van der Waals surface area contributed by atoms with Crippen LogP contribution in [0.1, 0.15) is 18.4 Å². The van der Waals surface area contributed by atoms with Crippen molar-refractivity contribution in [1.29, 1.82) is 0 Å². The third-order valence-corrected chi connectivity index (χ3v) is 2.58.